The highest BCUT2D eigenvalue weighted by molar-refractivity contribution is 5.97. The van der Waals surface area contributed by atoms with Crippen LogP contribution in [0, 0.1) is 5.92 Å². The number of likely N-dealkylation sites (tertiary alicyclic amines) is 1. The summed E-state index contributed by atoms with van der Waals surface area (Å²) in [6, 6.07) is -6.32. The number of rotatable bonds is 15. The van der Waals surface area contributed by atoms with Crippen molar-refractivity contribution in [3.8, 4) is 0 Å². The van der Waals surface area contributed by atoms with Gasteiger partial charge in [-0.15, -0.1) is 0 Å². The van der Waals surface area contributed by atoms with Gasteiger partial charge < -0.3 is 47.8 Å². The molecule has 1 aliphatic heterocycles. The molecule has 1 rings (SSSR count). The second-order valence-corrected chi connectivity index (χ2v) is 10.2. The lowest BCUT2D eigenvalue weighted by Gasteiger charge is -2.29. The molecule has 1 fully saturated rings. The van der Waals surface area contributed by atoms with Gasteiger partial charge in [0.05, 0.1) is 19.1 Å². The highest BCUT2D eigenvalue weighted by Crippen LogP contribution is 2.19. The van der Waals surface area contributed by atoms with E-state index in [1.807, 2.05) is 0 Å². The van der Waals surface area contributed by atoms with Gasteiger partial charge in [-0.1, -0.05) is 13.8 Å². The van der Waals surface area contributed by atoms with E-state index in [9.17, 15) is 43.8 Å². The molecule has 0 spiro atoms. The van der Waals surface area contributed by atoms with Gasteiger partial charge in [-0.05, 0) is 39.0 Å². The van der Waals surface area contributed by atoms with Gasteiger partial charge in [0.15, 0.2) is 0 Å². The van der Waals surface area contributed by atoms with Crippen molar-refractivity contribution in [3.05, 3.63) is 0 Å². The molecule has 0 aromatic heterocycles. The van der Waals surface area contributed by atoms with Crippen molar-refractivity contribution in [2.75, 3.05) is 13.1 Å². The Morgan fingerprint density at radius 1 is 0.925 bits per heavy atom. The standard InChI is InChI=1S/C24H41N7O9/c1-11(2)8-15(24(39)40)29-20(35)14(9-17(26)33)28-21(36)16-6-5-7-31(16)23(38)12(3)27-22(37)19(13(4)32)30-18(34)10-25/h11-16,19,32H,5-10,25H2,1-4H3,(H2,26,33)(H,27,37)(H,28,36)(H,29,35)(H,30,34)(H,39,40)/t12-,13+,14-,15-,16-,19-/m0/s1. The molecule has 1 aliphatic rings. The number of hydrogen-bond donors (Lipinski definition) is 8. The van der Waals surface area contributed by atoms with Crippen LogP contribution in [0.1, 0.15) is 53.4 Å². The van der Waals surface area contributed by atoms with E-state index in [1.165, 1.54) is 18.7 Å². The van der Waals surface area contributed by atoms with Gasteiger partial charge in [-0.2, -0.15) is 0 Å². The van der Waals surface area contributed by atoms with Gasteiger partial charge in [0.25, 0.3) is 0 Å². The number of aliphatic hydroxyl groups is 1. The van der Waals surface area contributed by atoms with E-state index in [4.69, 9.17) is 11.5 Å². The van der Waals surface area contributed by atoms with Crippen LogP contribution in [0.4, 0.5) is 0 Å². The summed E-state index contributed by atoms with van der Waals surface area (Å²) in [5.41, 5.74) is 10.5. The SMILES string of the molecule is CC(C)C[C@H](NC(=O)[C@H](CC(N)=O)NC(=O)[C@@H]1CCCN1C(=O)[C@H](C)NC(=O)[C@@H](NC(=O)CN)[C@@H](C)O)C(=O)O. The van der Waals surface area contributed by atoms with Crippen molar-refractivity contribution in [3.63, 3.8) is 0 Å². The number of nitrogens with two attached hydrogens (primary N) is 2. The van der Waals surface area contributed by atoms with Gasteiger partial charge in [-0.25, -0.2) is 4.79 Å². The zero-order valence-electron chi connectivity index (χ0n) is 23.1. The van der Waals surface area contributed by atoms with Crippen molar-refractivity contribution in [2.24, 2.45) is 17.4 Å². The van der Waals surface area contributed by atoms with Crippen LogP contribution < -0.4 is 32.7 Å². The third kappa shape index (κ3) is 10.4. The number of primary amides is 1. The van der Waals surface area contributed by atoms with Crippen LogP contribution in [0.5, 0.6) is 0 Å². The lowest BCUT2D eigenvalue weighted by molar-refractivity contribution is -0.144. The van der Waals surface area contributed by atoms with Crippen LogP contribution in [0.3, 0.4) is 0 Å². The second kappa shape index (κ2) is 15.7. The molecule has 16 heteroatoms. The van der Waals surface area contributed by atoms with E-state index < -0.39 is 90.7 Å². The molecule has 0 bridgehead atoms. The number of carboxylic acids is 1. The van der Waals surface area contributed by atoms with Crippen molar-refractivity contribution < 1.29 is 43.8 Å². The molecule has 0 saturated carbocycles. The minimum absolute atomic E-state index is 0.0704. The molecular weight excluding hydrogens is 530 g/mol. The van der Waals surface area contributed by atoms with Crippen LogP contribution in [0.2, 0.25) is 0 Å². The third-order valence-corrected chi connectivity index (χ3v) is 6.19. The number of nitrogens with zero attached hydrogens (tertiary/aromatic N) is 1. The molecule has 0 aromatic carbocycles. The Labute approximate surface area is 231 Å². The predicted molar refractivity (Wildman–Crippen MR) is 140 cm³/mol. The van der Waals surface area contributed by atoms with Crippen molar-refractivity contribution in [1.82, 2.24) is 26.2 Å². The molecule has 1 saturated heterocycles. The molecule has 6 atom stereocenters. The molecule has 10 N–H and O–H groups in total. The number of carbonyl (C=O) groups is 7. The molecule has 6 amide bonds. The maximum atomic E-state index is 13.1. The second-order valence-electron chi connectivity index (χ2n) is 10.2. The number of aliphatic carboxylic acids is 1. The Kier molecular flexibility index (Phi) is 13.4. The first-order valence-electron chi connectivity index (χ1n) is 13.0. The van der Waals surface area contributed by atoms with E-state index in [-0.39, 0.29) is 25.3 Å². The first-order valence-corrected chi connectivity index (χ1v) is 13.0. The maximum absolute atomic E-state index is 13.1. The fourth-order valence-electron chi connectivity index (χ4n) is 4.20. The Hall–Kier alpha value is -3.79. The normalized spacial score (nSPS) is 18.6. The molecule has 0 aliphatic carbocycles. The average Bonchev–Trinajstić information content (AvgIpc) is 3.34. The summed E-state index contributed by atoms with van der Waals surface area (Å²) in [6.07, 6.45) is -1.14. The molecule has 16 nitrogen and oxygen atoms in total. The molecule has 40 heavy (non-hydrogen) atoms. The van der Waals surface area contributed by atoms with Crippen LogP contribution in [-0.2, 0) is 33.6 Å². The quantitative estimate of drug-likeness (QED) is 0.0952. The summed E-state index contributed by atoms with van der Waals surface area (Å²) in [5.74, 6) is -6.12. The molecule has 0 unspecified atom stereocenters. The molecular formula is C24H41N7O9. The topological polar surface area (TPSA) is 263 Å². The average molecular weight is 572 g/mol. The number of carboxylic acid groups (broad SMARTS) is 1. The first kappa shape index (κ1) is 34.2. The van der Waals surface area contributed by atoms with Gasteiger partial charge in [0, 0.05) is 6.54 Å². The molecule has 226 valence electrons. The van der Waals surface area contributed by atoms with E-state index in [2.05, 4.69) is 21.3 Å². The Bertz CT molecular complexity index is 972. The van der Waals surface area contributed by atoms with Crippen molar-refractivity contribution in [2.45, 2.75) is 89.7 Å². The van der Waals surface area contributed by atoms with Crippen molar-refractivity contribution in [1.29, 1.82) is 0 Å². The zero-order chi connectivity index (χ0) is 30.7. The van der Waals surface area contributed by atoms with Gasteiger partial charge in [0.2, 0.25) is 35.4 Å². The molecule has 0 aromatic rings. The van der Waals surface area contributed by atoms with Gasteiger partial charge in [-0.3, -0.25) is 28.8 Å². The Balaban J connectivity index is 2.97. The Morgan fingerprint density at radius 2 is 1.55 bits per heavy atom. The number of hydrogen-bond acceptors (Lipinski definition) is 9. The highest BCUT2D eigenvalue weighted by Gasteiger charge is 2.39. The largest absolute Gasteiger partial charge is 0.480 e. The Morgan fingerprint density at radius 3 is 2.05 bits per heavy atom. The van der Waals surface area contributed by atoms with Crippen LogP contribution >= 0.6 is 0 Å². The first-order chi connectivity index (χ1) is 18.6. The van der Waals surface area contributed by atoms with E-state index in [0.29, 0.717) is 6.42 Å². The summed E-state index contributed by atoms with van der Waals surface area (Å²) in [4.78, 5) is 87.6. The number of aliphatic hydroxyl groups excluding tert-OH is 1. The minimum atomic E-state index is -1.48. The highest BCUT2D eigenvalue weighted by atomic mass is 16.4. The van der Waals surface area contributed by atoms with E-state index >= 15 is 0 Å². The summed E-state index contributed by atoms with van der Waals surface area (Å²) in [7, 11) is 0. The maximum Gasteiger partial charge on any atom is 0.326 e. The van der Waals surface area contributed by atoms with Crippen LogP contribution in [0.15, 0.2) is 0 Å². The molecule has 0 radical (unpaired) electrons. The fraction of sp³-hybridized carbons (Fsp3) is 0.708. The van der Waals surface area contributed by atoms with E-state index in [0.717, 1.165) is 0 Å². The number of nitrogens with one attached hydrogen (secondary N) is 4. The lowest BCUT2D eigenvalue weighted by Crippen LogP contribution is -2.59. The summed E-state index contributed by atoms with van der Waals surface area (Å²) >= 11 is 0. The van der Waals surface area contributed by atoms with Crippen molar-refractivity contribution >= 4 is 41.4 Å². The monoisotopic (exact) mass is 571 g/mol. The van der Waals surface area contributed by atoms with Gasteiger partial charge >= 0.3 is 5.97 Å². The third-order valence-electron chi connectivity index (χ3n) is 6.19. The summed E-state index contributed by atoms with van der Waals surface area (Å²) < 4.78 is 0. The lowest BCUT2D eigenvalue weighted by atomic mass is 10.0. The smallest absolute Gasteiger partial charge is 0.326 e. The van der Waals surface area contributed by atoms with Crippen LogP contribution in [-0.4, -0.2) is 106 Å². The summed E-state index contributed by atoms with van der Waals surface area (Å²) in [6.45, 7) is 5.90. The predicted octanol–water partition coefficient (Wildman–Crippen LogP) is -3.72. The number of carbonyl (C=O) groups excluding carboxylic acids is 6. The molecule has 1 heterocycles. The van der Waals surface area contributed by atoms with Crippen LogP contribution in [0.25, 0.3) is 0 Å². The number of amides is 6. The van der Waals surface area contributed by atoms with Gasteiger partial charge in [0.1, 0.15) is 30.2 Å². The fourth-order valence-corrected chi connectivity index (χ4v) is 4.20. The van der Waals surface area contributed by atoms with E-state index in [1.54, 1.807) is 13.8 Å². The minimum Gasteiger partial charge on any atom is -0.480 e. The zero-order valence-corrected chi connectivity index (χ0v) is 23.1. The summed E-state index contributed by atoms with van der Waals surface area (Å²) in [5, 5.41) is 28.6.